The van der Waals surface area contributed by atoms with E-state index in [-0.39, 0.29) is 0 Å². The number of hydrogen-bond donors (Lipinski definition) is 2. The average Bonchev–Trinajstić information content (AvgIpc) is 2.70. The number of likely N-dealkylation sites (tertiary alicyclic amines) is 1. The number of nitrogens with two attached hydrogens (primary N) is 1. The van der Waals surface area contributed by atoms with E-state index in [0.717, 1.165) is 60.6 Å². The Bertz CT molecular complexity index is 916. The van der Waals surface area contributed by atoms with Gasteiger partial charge in [-0.2, -0.15) is 0 Å². The van der Waals surface area contributed by atoms with Crippen LogP contribution in [0.2, 0.25) is 0 Å². The largest absolute Gasteiger partial charge is 0.497 e. The monoisotopic (exact) mass is 363 g/mol. The summed E-state index contributed by atoms with van der Waals surface area (Å²) in [6.45, 7) is 2.94. The molecule has 2 heterocycles. The van der Waals surface area contributed by atoms with Crippen LogP contribution in [-0.2, 0) is 6.54 Å². The molecule has 3 N–H and O–H groups in total. The number of anilines is 2. The minimum atomic E-state index is 0.336. The van der Waals surface area contributed by atoms with Crippen molar-refractivity contribution >= 4 is 22.4 Å². The molecule has 0 spiro atoms. The zero-order valence-corrected chi connectivity index (χ0v) is 15.6. The molecule has 0 saturated carbocycles. The van der Waals surface area contributed by atoms with Crippen molar-refractivity contribution in [1.82, 2.24) is 14.9 Å². The summed E-state index contributed by atoms with van der Waals surface area (Å²) in [5.74, 6) is 1.63. The molecule has 0 unspecified atom stereocenters. The van der Waals surface area contributed by atoms with E-state index in [1.807, 2.05) is 30.3 Å². The molecule has 27 heavy (non-hydrogen) atoms. The third-order valence-electron chi connectivity index (χ3n) is 5.11. The maximum absolute atomic E-state index is 6.05. The Balaban J connectivity index is 1.66. The van der Waals surface area contributed by atoms with Gasteiger partial charge in [0.15, 0.2) is 0 Å². The number of benzene rings is 2. The van der Waals surface area contributed by atoms with E-state index in [1.165, 1.54) is 5.56 Å². The van der Waals surface area contributed by atoms with Crippen molar-refractivity contribution in [2.45, 2.75) is 25.4 Å². The molecule has 0 aliphatic carbocycles. The van der Waals surface area contributed by atoms with E-state index < -0.39 is 0 Å². The van der Waals surface area contributed by atoms with Crippen molar-refractivity contribution in [2.75, 3.05) is 25.5 Å². The van der Waals surface area contributed by atoms with Gasteiger partial charge in [-0.05, 0) is 49.7 Å². The van der Waals surface area contributed by atoms with Crippen LogP contribution in [0.3, 0.4) is 0 Å². The molecule has 6 nitrogen and oxygen atoms in total. The molecule has 3 aromatic rings. The first-order chi connectivity index (χ1) is 13.2. The van der Waals surface area contributed by atoms with E-state index >= 15 is 0 Å². The lowest BCUT2D eigenvalue weighted by Crippen LogP contribution is -2.39. The molecule has 0 bridgehead atoms. The topological polar surface area (TPSA) is 76.3 Å². The Morgan fingerprint density at radius 3 is 2.78 bits per heavy atom. The van der Waals surface area contributed by atoms with E-state index in [4.69, 9.17) is 10.5 Å². The van der Waals surface area contributed by atoms with Gasteiger partial charge in [0.2, 0.25) is 0 Å². The third kappa shape index (κ3) is 4.02. The van der Waals surface area contributed by atoms with Crippen molar-refractivity contribution in [3.63, 3.8) is 0 Å². The summed E-state index contributed by atoms with van der Waals surface area (Å²) in [5.41, 5.74) is 9.16. The number of hydrogen-bond acceptors (Lipinski definition) is 6. The summed E-state index contributed by atoms with van der Waals surface area (Å²) in [5, 5.41) is 4.50. The second-order valence-electron chi connectivity index (χ2n) is 7.00. The number of methoxy groups -OCH3 is 1. The van der Waals surface area contributed by atoms with Crippen LogP contribution in [0.1, 0.15) is 18.4 Å². The van der Waals surface area contributed by atoms with Crippen LogP contribution in [0, 0.1) is 0 Å². The minimum absolute atomic E-state index is 0.336. The second-order valence-corrected chi connectivity index (χ2v) is 7.00. The number of fused-ring (bicyclic) bond motifs is 1. The van der Waals surface area contributed by atoms with Gasteiger partial charge < -0.3 is 15.8 Å². The summed E-state index contributed by atoms with van der Waals surface area (Å²) in [6, 6.07) is 14.4. The first-order valence-corrected chi connectivity index (χ1v) is 9.34. The molecule has 1 fully saturated rings. The lowest BCUT2D eigenvalue weighted by atomic mass is 10.0. The number of nitrogens with zero attached hydrogens (tertiary/aromatic N) is 3. The van der Waals surface area contributed by atoms with Gasteiger partial charge in [-0.1, -0.05) is 18.2 Å². The predicted octanol–water partition coefficient (Wildman–Crippen LogP) is 3.31. The molecule has 2 aromatic carbocycles. The molecule has 0 atom stereocenters. The van der Waals surface area contributed by atoms with Gasteiger partial charge in [0.05, 0.1) is 12.6 Å². The predicted molar refractivity (Wildman–Crippen MR) is 108 cm³/mol. The molecular weight excluding hydrogens is 338 g/mol. The zero-order valence-electron chi connectivity index (χ0n) is 15.6. The molecule has 1 aliphatic heterocycles. The number of ether oxygens (including phenoxy) is 1. The van der Waals surface area contributed by atoms with Gasteiger partial charge in [0.25, 0.3) is 0 Å². The highest BCUT2D eigenvalue weighted by molar-refractivity contribution is 5.93. The number of piperidine rings is 1. The van der Waals surface area contributed by atoms with Gasteiger partial charge in [-0.3, -0.25) is 4.90 Å². The molecule has 140 valence electrons. The SMILES string of the molecule is COc1cccc(Nc2ncnc3cccc(CN4CCC(N)CC4)c23)c1. The fourth-order valence-electron chi connectivity index (χ4n) is 3.60. The minimum Gasteiger partial charge on any atom is -0.497 e. The fourth-order valence-corrected chi connectivity index (χ4v) is 3.60. The van der Waals surface area contributed by atoms with Crippen molar-refractivity contribution in [2.24, 2.45) is 5.73 Å². The molecular formula is C21H25N5O. The molecule has 0 radical (unpaired) electrons. The fraction of sp³-hybridized carbons (Fsp3) is 0.333. The van der Waals surface area contributed by atoms with Crippen LogP contribution in [0.4, 0.5) is 11.5 Å². The van der Waals surface area contributed by atoms with Crippen molar-refractivity contribution < 1.29 is 4.74 Å². The van der Waals surface area contributed by atoms with Crippen LogP contribution in [0.25, 0.3) is 10.9 Å². The van der Waals surface area contributed by atoms with Gasteiger partial charge in [-0.15, -0.1) is 0 Å². The van der Waals surface area contributed by atoms with E-state index in [0.29, 0.717) is 6.04 Å². The first kappa shape index (κ1) is 17.7. The molecule has 1 aliphatic rings. The Labute approximate surface area is 159 Å². The highest BCUT2D eigenvalue weighted by Gasteiger charge is 2.18. The maximum atomic E-state index is 6.05. The maximum Gasteiger partial charge on any atom is 0.142 e. The van der Waals surface area contributed by atoms with Gasteiger partial charge in [-0.25, -0.2) is 9.97 Å². The first-order valence-electron chi connectivity index (χ1n) is 9.34. The van der Waals surface area contributed by atoms with Crippen LogP contribution >= 0.6 is 0 Å². The van der Waals surface area contributed by atoms with Gasteiger partial charge >= 0.3 is 0 Å². The standard InChI is InChI=1S/C21H25N5O/c1-27-18-6-3-5-17(12-18)25-21-20-15(4-2-7-19(20)23-14-24-21)13-26-10-8-16(22)9-11-26/h2-7,12,14,16H,8-11,13,22H2,1H3,(H,23,24,25). The number of aromatic nitrogens is 2. The molecule has 6 heteroatoms. The van der Waals surface area contributed by atoms with Crippen LogP contribution in [0.5, 0.6) is 5.75 Å². The Kier molecular flexibility index (Phi) is 5.18. The van der Waals surface area contributed by atoms with Crippen molar-refractivity contribution in [3.8, 4) is 5.75 Å². The summed E-state index contributed by atoms with van der Waals surface area (Å²) in [4.78, 5) is 11.4. The highest BCUT2D eigenvalue weighted by Crippen LogP contribution is 2.29. The summed E-state index contributed by atoms with van der Waals surface area (Å²) in [7, 11) is 1.67. The smallest absolute Gasteiger partial charge is 0.142 e. The normalized spacial score (nSPS) is 15.8. The zero-order chi connectivity index (χ0) is 18.6. The molecule has 4 rings (SSSR count). The van der Waals surface area contributed by atoms with E-state index in [9.17, 15) is 0 Å². The highest BCUT2D eigenvalue weighted by atomic mass is 16.5. The molecule has 0 amide bonds. The Morgan fingerprint density at radius 1 is 1.15 bits per heavy atom. The van der Waals surface area contributed by atoms with E-state index in [1.54, 1.807) is 13.4 Å². The van der Waals surface area contributed by atoms with Crippen LogP contribution in [0.15, 0.2) is 48.8 Å². The molecule has 1 aromatic heterocycles. The Hall–Kier alpha value is -2.70. The second kappa shape index (κ2) is 7.90. The number of nitrogens with one attached hydrogen (secondary N) is 1. The van der Waals surface area contributed by atoms with Gasteiger partial charge in [0.1, 0.15) is 17.9 Å². The van der Waals surface area contributed by atoms with E-state index in [2.05, 4.69) is 32.3 Å². The van der Waals surface area contributed by atoms with Gasteiger partial charge in [0, 0.05) is 29.7 Å². The summed E-state index contributed by atoms with van der Waals surface area (Å²) >= 11 is 0. The van der Waals surface area contributed by atoms with Crippen LogP contribution in [-0.4, -0.2) is 41.1 Å². The number of rotatable bonds is 5. The summed E-state index contributed by atoms with van der Waals surface area (Å²) < 4.78 is 5.32. The third-order valence-corrected chi connectivity index (χ3v) is 5.11. The van der Waals surface area contributed by atoms with Crippen LogP contribution < -0.4 is 15.8 Å². The molecule has 1 saturated heterocycles. The lowest BCUT2D eigenvalue weighted by molar-refractivity contribution is 0.206. The lowest BCUT2D eigenvalue weighted by Gasteiger charge is -2.30. The quantitative estimate of drug-likeness (QED) is 0.724. The average molecular weight is 363 g/mol. The van der Waals surface area contributed by atoms with Crippen molar-refractivity contribution in [1.29, 1.82) is 0 Å². The van der Waals surface area contributed by atoms with Crippen molar-refractivity contribution in [3.05, 3.63) is 54.4 Å². The summed E-state index contributed by atoms with van der Waals surface area (Å²) in [6.07, 6.45) is 3.71. The Morgan fingerprint density at radius 2 is 1.96 bits per heavy atom.